The summed E-state index contributed by atoms with van der Waals surface area (Å²) < 4.78 is 27.3. The third-order valence-electron chi connectivity index (χ3n) is 3.14. The van der Waals surface area contributed by atoms with Crippen molar-refractivity contribution in [3.63, 3.8) is 0 Å². The van der Waals surface area contributed by atoms with Crippen molar-refractivity contribution in [1.29, 1.82) is 0 Å². The van der Waals surface area contributed by atoms with Crippen LogP contribution in [0.4, 0.5) is 0 Å². The highest BCUT2D eigenvalue weighted by Crippen LogP contribution is 2.25. The molecule has 0 bridgehead atoms. The molecule has 1 N–H and O–H groups in total. The van der Waals surface area contributed by atoms with Gasteiger partial charge in [-0.2, -0.15) is 0 Å². The normalized spacial score (nSPS) is 16.7. The highest BCUT2D eigenvalue weighted by Gasteiger charge is 2.25. The van der Waals surface area contributed by atoms with Gasteiger partial charge in [-0.05, 0) is 25.0 Å². The molecule has 0 spiro atoms. The second-order valence-electron chi connectivity index (χ2n) is 4.92. The van der Waals surface area contributed by atoms with Crippen molar-refractivity contribution < 1.29 is 13.2 Å². The summed E-state index contributed by atoms with van der Waals surface area (Å²) in [6.45, 7) is 0. The molecule has 2 rings (SSSR count). The van der Waals surface area contributed by atoms with E-state index in [9.17, 15) is 13.2 Å². The second-order valence-corrected chi connectivity index (χ2v) is 7.95. The Morgan fingerprint density at radius 3 is 2.53 bits per heavy atom. The van der Waals surface area contributed by atoms with E-state index >= 15 is 0 Å². The van der Waals surface area contributed by atoms with Crippen LogP contribution in [0.15, 0.2) is 16.3 Å². The lowest BCUT2D eigenvalue weighted by atomic mass is 10.3. The molecule has 0 aliphatic heterocycles. The van der Waals surface area contributed by atoms with Crippen LogP contribution in [0.3, 0.4) is 0 Å². The van der Waals surface area contributed by atoms with Crippen molar-refractivity contribution in [2.45, 2.75) is 35.9 Å². The van der Waals surface area contributed by atoms with Crippen molar-refractivity contribution in [3.8, 4) is 0 Å². The summed E-state index contributed by atoms with van der Waals surface area (Å²) >= 11 is 1.02. The molecular weight excluding hydrogens is 284 g/mol. The number of amides is 1. The van der Waals surface area contributed by atoms with Crippen molar-refractivity contribution in [2.24, 2.45) is 0 Å². The molecular formula is C12H18N2O3S2. The highest BCUT2D eigenvalue weighted by molar-refractivity contribution is 7.91. The zero-order valence-electron chi connectivity index (χ0n) is 11.0. The van der Waals surface area contributed by atoms with Crippen LogP contribution in [0.1, 0.15) is 35.4 Å². The first kappa shape index (κ1) is 14.5. The molecule has 1 aliphatic carbocycles. The molecule has 19 heavy (non-hydrogen) atoms. The van der Waals surface area contributed by atoms with Crippen molar-refractivity contribution in [1.82, 2.24) is 9.62 Å². The molecule has 1 amide bonds. The van der Waals surface area contributed by atoms with Crippen LogP contribution in [0.5, 0.6) is 0 Å². The lowest BCUT2D eigenvalue weighted by Gasteiger charge is -2.11. The van der Waals surface area contributed by atoms with Crippen molar-refractivity contribution >= 4 is 27.3 Å². The Balaban J connectivity index is 2.14. The summed E-state index contributed by atoms with van der Waals surface area (Å²) in [4.78, 5) is 13.6. The highest BCUT2D eigenvalue weighted by atomic mass is 32.2. The van der Waals surface area contributed by atoms with E-state index in [2.05, 4.69) is 4.72 Å². The number of nitrogens with zero attached hydrogens (tertiary/aromatic N) is 1. The summed E-state index contributed by atoms with van der Waals surface area (Å²) in [5, 5.41) is 0. The molecule has 7 heteroatoms. The number of rotatable bonds is 4. The van der Waals surface area contributed by atoms with E-state index in [4.69, 9.17) is 0 Å². The zero-order chi connectivity index (χ0) is 14.0. The molecule has 0 saturated heterocycles. The van der Waals surface area contributed by atoms with Crippen LogP contribution in [-0.2, 0) is 10.0 Å². The molecule has 0 radical (unpaired) electrons. The second kappa shape index (κ2) is 5.60. The van der Waals surface area contributed by atoms with Gasteiger partial charge in [0.05, 0.1) is 4.88 Å². The SMILES string of the molecule is CN(C)C(=O)c1ccc(S(=O)(=O)NC2CCCC2)s1. The molecule has 1 heterocycles. The summed E-state index contributed by atoms with van der Waals surface area (Å²) in [6.07, 6.45) is 3.94. The third kappa shape index (κ3) is 3.34. The monoisotopic (exact) mass is 302 g/mol. The van der Waals surface area contributed by atoms with Crippen LogP contribution >= 0.6 is 11.3 Å². The Hall–Kier alpha value is -0.920. The first-order valence-corrected chi connectivity index (χ1v) is 8.54. The third-order valence-corrected chi connectivity index (χ3v) is 6.23. The fourth-order valence-corrected chi connectivity index (χ4v) is 4.77. The van der Waals surface area contributed by atoms with E-state index in [-0.39, 0.29) is 16.2 Å². The maximum absolute atomic E-state index is 12.2. The van der Waals surface area contributed by atoms with Crippen LogP contribution in [0.2, 0.25) is 0 Å². The Morgan fingerprint density at radius 1 is 1.32 bits per heavy atom. The topological polar surface area (TPSA) is 66.5 Å². The molecule has 1 saturated carbocycles. The molecule has 0 unspecified atom stereocenters. The molecule has 1 aliphatic rings. The molecule has 1 fully saturated rings. The smallest absolute Gasteiger partial charge is 0.263 e. The zero-order valence-corrected chi connectivity index (χ0v) is 12.7. The molecule has 0 aromatic carbocycles. The van der Waals surface area contributed by atoms with Gasteiger partial charge in [0, 0.05) is 20.1 Å². The fourth-order valence-electron chi connectivity index (χ4n) is 2.12. The van der Waals surface area contributed by atoms with Crippen LogP contribution in [0, 0.1) is 0 Å². The minimum Gasteiger partial charge on any atom is -0.344 e. The van der Waals surface area contributed by atoms with Gasteiger partial charge in [-0.3, -0.25) is 4.79 Å². The summed E-state index contributed by atoms with van der Waals surface area (Å²) in [5.41, 5.74) is 0. The molecule has 0 atom stereocenters. The van der Waals surface area contributed by atoms with Gasteiger partial charge in [0.1, 0.15) is 4.21 Å². The molecule has 1 aromatic rings. The molecule has 5 nitrogen and oxygen atoms in total. The van der Waals surface area contributed by atoms with E-state index in [0.29, 0.717) is 4.88 Å². The van der Waals surface area contributed by atoms with Crippen molar-refractivity contribution in [2.75, 3.05) is 14.1 Å². The first-order valence-electron chi connectivity index (χ1n) is 6.24. The van der Waals surface area contributed by atoms with Gasteiger partial charge in [0.2, 0.25) is 10.0 Å². The van der Waals surface area contributed by atoms with Crippen molar-refractivity contribution in [3.05, 3.63) is 17.0 Å². The first-order chi connectivity index (χ1) is 8.90. The summed E-state index contributed by atoms with van der Waals surface area (Å²) in [7, 11) is -0.193. The molecule has 106 valence electrons. The number of carbonyl (C=O) groups excluding carboxylic acids is 1. The summed E-state index contributed by atoms with van der Waals surface area (Å²) in [6, 6.07) is 3.11. The van der Waals surface area contributed by atoms with Crippen LogP contribution in [0.25, 0.3) is 0 Å². The fraction of sp³-hybridized carbons (Fsp3) is 0.583. The molecule has 1 aromatic heterocycles. The number of nitrogens with one attached hydrogen (secondary N) is 1. The summed E-state index contributed by atoms with van der Waals surface area (Å²) in [5.74, 6) is -0.174. The van der Waals surface area contributed by atoms with Gasteiger partial charge >= 0.3 is 0 Å². The maximum Gasteiger partial charge on any atom is 0.263 e. The number of hydrogen-bond acceptors (Lipinski definition) is 4. The number of hydrogen-bond donors (Lipinski definition) is 1. The van der Waals surface area contributed by atoms with E-state index < -0.39 is 10.0 Å². The average Bonchev–Trinajstić information content (AvgIpc) is 2.97. The standard InChI is InChI=1S/C12H18N2O3S2/c1-14(2)12(15)10-7-8-11(18-10)19(16,17)13-9-5-3-4-6-9/h7-9,13H,3-6H2,1-2H3. The van der Waals surface area contributed by atoms with E-state index in [0.717, 1.165) is 37.0 Å². The Morgan fingerprint density at radius 2 is 1.95 bits per heavy atom. The lowest BCUT2D eigenvalue weighted by molar-refractivity contribution is 0.0832. The van der Waals surface area contributed by atoms with Crippen LogP contribution < -0.4 is 4.72 Å². The average molecular weight is 302 g/mol. The Bertz CT molecular complexity index is 557. The predicted molar refractivity (Wildman–Crippen MR) is 74.9 cm³/mol. The van der Waals surface area contributed by atoms with E-state index in [1.54, 1.807) is 20.2 Å². The van der Waals surface area contributed by atoms with Crippen LogP contribution in [-0.4, -0.2) is 39.4 Å². The predicted octanol–water partition coefficient (Wildman–Crippen LogP) is 1.67. The number of carbonyl (C=O) groups is 1. The quantitative estimate of drug-likeness (QED) is 0.920. The van der Waals surface area contributed by atoms with E-state index in [1.165, 1.54) is 11.0 Å². The van der Waals surface area contributed by atoms with Gasteiger partial charge in [-0.25, -0.2) is 13.1 Å². The maximum atomic E-state index is 12.2. The van der Waals surface area contributed by atoms with Gasteiger partial charge < -0.3 is 4.90 Å². The van der Waals surface area contributed by atoms with Gasteiger partial charge in [-0.15, -0.1) is 11.3 Å². The number of thiophene rings is 1. The van der Waals surface area contributed by atoms with E-state index in [1.807, 2.05) is 0 Å². The minimum absolute atomic E-state index is 0.0418. The van der Waals surface area contributed by atoms with Gasteiger partial charge in [-0.1, -0.05) is 12.8 Å². The van der Waals surface area contributed by atoms with Gasteiger partial charge in [0.25, 0.3) is 5.91 Å². The Labute approximate surface area is 117 Å². The lowest BCUT2D eigenvalue weighted by Crippen LogP contribution is -2.32. The van der Waals surface area contributed by atoms with Gasteiger partial charge in [0.15, 0.2) is 0 Å². The minimum atomic E-state index is -3.48. The number of sulfonamides is 1. The Kier molecular flexibility index (Phi) is 4.27. The largest absolute Gasteiger partial charge is 0.344 e.